The Kier molecular flexibility index (Phi) is 7.56. The van der Waals surface area contributed by atoms with E-state index in [0.29, 0.717) is 18.5 Å². The molecule has 44 heavy (non-hydrogen) atoms. The van der Waals surface area contributed by atoms with Crippen molar-refractivity contribution in [1.82, 2.24) is 14.9 Å². The lowest BCUT2D eigenvalue weighted by molar-refractivity contribution is -0.0123. The van der Waals surface area contributed by atoms with Crippen molar-refractivity contribution in [3.8, 4) is 35.2 Å². The molecular weight excluding hydrogens is 573 g/mol. The smallest absolute Gasteiger partial charge is 0.319 e. The maximum absolute atomic E-state index is 16.7. The van der Waals surface area contributed by atoms with E-state index in [2.05, 4.69) is 20.8 Å². The molecule has 0 bridgehead atoms. The van der Waals surface area contributed by atoms with E-state index >= 15 is 8.78 Å². The van der Waals surface area contributed by atoms with E-state index in [0.717, 1.165) is 37.6 Å². The highest BCUT2D eigenvalue weighted by molar-refractivity contribution is 6.04. The number of phenolic OH excluding ortho intramolecular Hbond substituents is 1. The van der Waals surface area contributed by atoms with Gasteiger partial charge in [0, 0.05) is 34.8 Å². The largest absolute Gasteiger partial charge is 0.508 e. The Hall–Kier alpha value is -4.11. The van der Waals surface area contributed by atoms with Crippen LogP contribution in [0.3, 0.4) is 0 Å². The molecule has 1 saturated carbocycles. The van der Waals surface area contributed by atoms with Gasteiger partial charge in [-0.25, -0.2) is 13.2 Å². The number of halogens is 3. The number of hydrogen-bond donors (Lipinski definition) is 2. The van der Waals surface area contributed by atoms with Crippen LogP contribution >= 0.6 is 0 Å². The molecule has 1 saturated heterocycles. The molecule has 2 aliphatic rings. The van der Waals surface area contributed by atoms with Crippen molar-refractivity contribution in [3.63, 3.8) is 0 Å². The third-order valence-electron chi connectivity index (χ3n) is 8.17. The van der Waals surface area contributed by atoms with E-state index in [1.54, 1.807) is 11.8 Å². The number of ether oxygens (including phenoxy) is 2. The van der Waals surface area contributed by atoms with Crippen molar-refractivity contribution < 1.29 is 32.9 Å². The summed E-state index contributed by atoms with van der Waals surface area (Å²) in [6.07, 6.45) is 7.53. The van der Waals surface area contributed by atoms with Crippen LogP contribution in [-0.2, 0) is 4.74 Å². The predicted molar refractivity (Wildman–Crippen MR) is 161 cm³/mol. The van der Waals surface area contributed by atoms with Gasteiger partial charge in [-0.3, -0.25) is 0 Å². The molecule has 3 aromatic carbocycles. The van der Waals surface area contributed by atoms with E-state index < -0.39 is 28.6 Å². The summed E-state index contributed by atoms with van der Waals surface area (Å²) in [5.41, 5.74) is -2.42. The third-order valence-corrected chi connectivity index (χ3v) is 8.17. The van der Waals surface area contributed by atoms with Crippen LogP contribution in [0.4, 0.5) is 19.0 Å². The average molecular weight is 607 g/mol. The number of hydrogen-bond acceptors (Lipinski definition) is 8. The van der Waals surface area contributed by atoms with Gasteiger partial charge >= 0.3 is 6.01 Å². The van der Waals surface area contributed by atoms with Gasteiger partial charge in [-0.05, 0) is 63.5 Å². The zero-order chi connectivity index (χ0) is 31.4. The van der Waals surface area contributed by atoms with Gasteiger partial charge in [0.2, 0.25) is 0 Å². The Labute approximate surface area is 253 Å². The molecule has 11 heteroatoms. The van der Waals surface area contributed by atoms with E-state index in [9.17, 15) is 14.6 Å². The summed E-state index contributed by atoms with van der Waals surface area (Å²) in [6, 6.07) is 6.02. The fourth-order valence-corrected chi connectivity index (χ4v) is 6.07. The van der Waals surface area contributed by atoms with Crippen LogP contribution in [0.15, 0.2) is 30.3 Å². The predicted octanol–water partition coefficient (Wildman–Crippen LogP) is 4.86. The number of aromatic nitrogens is 2. The molecule has 2 fully saturated rings. The van der Waals surface area contributed by atoms with Crippen molar-refractivity contribution >= 4 is 27.5 Å². The summed E-state index contributed by atoms with van der Waals surface area (Å²) >= 11 is 0. The second kappa shape index (κ2) is 11.1. The summed E-state index contributed by atoms with van der Waals surface area (Å²) in [5, 5.41) is 21.8. The first-order chi connectivity index (χ1) is 20.9. The molecule has 0 radical (unpaired) electrons. The number of benzene rings is 3. The highest BCUT2D eigenvalue weighted by Gasteiger charge is 2.44. The van der Waals surface area contributed by atoms with Gasteiger partial charge in [0.25, 0.3) is 0 Å². The van der Waals surface area contributed by atoms with E-state index in [1.165, 1.54) is 12.1 Å². The molecule has 0 amide bonds. The quantitative estimate of drug-likeness (QED) is 0.289. The maximum atomic E-state index is 16.7. The Morgan fingerprint density at radius 2 is 1.91 bits per heavy atom. The van der Waals surface area contributed by atoms with Gasteiger partial charge in [-0.15, -0.1) is 6.42 Å². The fourth-order valence-electron chi connectivity index (χ4n) is 6.07. The molecule has 6 rings (SSSR count). The number of fused-ring (bicyclic) bond motifs is 2. The van der Waals surface area contributed by atoms with Crippen molar-refractivity contribution in [3.05, 3.63) is 53.3 Å². The van der Waals surface area contributed by atoms with E-state index in [4.69, 9.17) is 15.9 Å². The van der Waals surface area contributed by atoms with Gasteiger partial charge in [-0.1, -0.05) is 12.0 Å². The molecule has 0 spiro atoms. The molecule has 1 aliphatic carbocycles. The van der Waals surface area contributed by atoms with Crippen molar-refractivity contribution in [2.75, 3.05) is 58.5 Å². The zero-order valence-corrected chi connectivity index (χ0v) is 24.8. The van der Waals surface area contributed by atoms with Crippen molar-refractivity contribution in [2.24, 2.45) is 5.41 Å². The Morgan fingerprint density at radius 1 is 1.14 bits per heavy atom. The van der Waals surface area contributed by atoms with Crippen LogP contribution in [0.5, 0.6) is 11.8 Å². The van der Waals surface area contributed by atoms with E-state index in [1.807, 2.05) is 14.1 Å². The number of aromatic hydroxyl groups is 1. The number of nitrogens with zero attached hydrogens (tertiary/aromatic N) is 4. The van der Waals surface area contributed by atoms with Crippen molar-refractivity contribution in [2.45, 2.75) is 25.4 Å². The van der Waals surface area contributed by atoms with Crippen LogP contribution in [0.2, 0.25) is 0 Å². The molecule has 1 unspecified atom stereocenters. The maximum Gasteiger partial charge on any atom is 0.319 e. The summed E-state index contributed by atoms with van der Waals surface area (Å²) in [4.78, 5) is 12.8. The minimum Gasteiger partial charge on any atom is -0.508 e. The topological polar surface area (TPSA) is 91.2 Å². The first kappa shape index (κ1) is 29.9. The van der Waals surface area contributed by atoms with Crippen LogP contribution in [0.1, 0.15) is 25.3 Å². The molecule has 2 N–H and O–H groups in total. The molecular formula is C33H33F3N4O4. The number of anilines is 1. The lowest BCUT2D eigenvalue weighted by atomic mass is 9.92. The normalized spacial score (nSPS) is 19.8. The van der Waals surface area contributed by atoms with Crippen LogP contribution in [-0.4, -0.2) is 84.2 Å². The molecule has 1 atom stereocenters. The SMILES string of the molecule is C#Cc1c(F)ccc2cc(O)cc(-c3c(F)cc4c(N5CCOCC(C)(O)C5)nc(OCC5(CN(C)C)CC5)nc4c3F)c12. The molecule has 1 aliphatic heterocycles. The lowest BCUT2D eigenvalue weighted by Gasteiger charge is -2.29. The monoisotopic (exact) mass is 606 g/mol. The molecule has 4 aromatic rings. The molecule has 1 aromatic heterocycles. The summed E-state index contributed by atoms with van der Waals surface area (Å²) < 4.78 is 59.3. The number of terminal acetylenes is 1. The van der Waals surface area contributed by atoms with Gasteiger partial charge in [0.1, 0.15) is 34.3 Å². The fraction of sp³-hybridized carbons (Fsp3) is 0.394. The summed E-state index contributed by atoms with van der Waals surface area (Å²) in [5.74, 6) is -0.618. The minimum absolute atomic E-state index is 0.0519. The van der Waals surface area contributed by atoms with Crippen LogP contribution < -0.4 is 9.64 Å². The second-order valence-electron chi connectivity index (χ2n) is 12.4. The van der Waals surface area contributed by atoms with Crippen LogP contribution in [0, 0.1) is 35.2 Å². The standard InChI is InChI=1S/C33H33F3N4O4/c1-5-21-24(34)7-6-19-12-20(41)13-22(26(19)21)27-25(35)14-23-29(28(27)36)37-31(44-18-33(8-9-33)16-39(3)4)38-30(23)40-10-11-43-17-32(2,42)15-40/h1,6-7,12-14,41-42H,8-11,15-18H2,2-4H3. The lowest BCUT2D eigenvalue weighted by Crippen LogP contribution is -2.42. The number of rotatable bonds is 7. The highest BCUT2D eigenvalue weighted by Crippen LogP contribution is 2.46. The zero-order valence-electron chi connectivity index (χ0n) is 24.8. The number of phenols is 1. The molecule has 230 valence electrons. The first-order valence-electron chi connectivity index (χ1n) is 14.3. The van der Waals surface area contributed by atoms with Gasteiger partial charge < -0.3 is 29.5 Å². The Bertz CT molecular complexity index is 1820. The third kappa shape index (κ3) is 5.61. The molecule has 8 nitrogen and oxygen atoms in total. The second-order valence-corrected chi connectivity index (χ2v) is 12.4. The minimum atomic E-state index is -1.26. The first-order valence-corrected chi connectivity index (χ1v) is 14.3. The van der Waals surface area contributed by atoms with Crippen molar-refractivity contribution in [1.29, 1.82) is 0 Å². The Morgan fingerprint density at radius 3 is 2.61 bits per heavy atom. The van der Waals surface area contributed by atoms with Gasteiger partial charge in [0.15, 0.2) is 5.82 Å². The molecule has 2 heterocycles. The number of aliphatic hydroxyl groups is 1. The Balaban J connectivity index is 1.57. The van der Waals surface area contributed by atoms with Gasteiger partial charge in [0.05, 0.1) is 37.5 Å². The van der Waals surface area contributed by atoms with Gasteiger partial charge in [-0.2, -0.15) is 9.97 Å². The summed E-state index contributed by atoms with van der Waals surface area (Å²) in [6.45, 7) is 3.40. The average Bonchev–Trinajstić information content (AvgIpc) is 3.74. The van der Waals surface area contributed by atoms with Crippen LogP contribution in [0.25, 0.3) is 32.8 Å². The highest BCUT2D eigenvalue weighted by atomic mass is 19.1. The number of β-amino-alcohol motifs (C(OH)–C–C–N with tert-alkyl or cyclic N) is 1. The summed E-state index contributed by atoms with van der Waals surface area (Å²) in [7, 11) is 3.96. The van der Waals surface area contributed by atoms with E-state index in [-0.39, 0.29) is 70.2 Å².